The molecular formula is C19H23N3OS. The predicted octanol–water partition coefficient (Wildman–Crippen LogP) is 3.47. The summed E-state index contributed by atoms with van der Waals surface area (Å²) in [4.78, 5) is 19.2. The molecule has 126 valence electrons. The molecule has 24 heavy (non-hydrogen) atoms. The molecule has 1 saturated heterocycles. The normalized spacial score (nSPS) is 17.1. The molecule has 0 N–H and O–H groups in total. The van der Waals surface area contributed by atoms with Crippen LogP contribution in [0.4, 0.5) is 0 Å². The Labute approximate surface area is 147 Å². The third-order valence-electron chi connectivity index (χ3n) is 4.90. The molecule has 0 spiro atoms. The molecule has 1 amide bonds. The number of nitrogens with zero attached hydrogens (tertiary/aromatic N) is 3. The highest BCUT2D eigenvalue weighted by Crippen LogP contribution is 2.30. The molecule has 1 aromatic heterocycles. The van der Waals surface area contributed by atoms with Crippen LogP contribution >= 0.6 is 11.8 Å². The number of benzene rings is 1. The number of carbonyl (C=O) groups is 1. The summed E-state index contributed by atoms with van der Waals surface area (Å²) in [5.74, 6) is 0.737. The van der Waals surface area contributed by atoms with Gasteiger partial charge in [0.15, 0.2) is 5.16 Å². The summed E-state index contributed by atoms with van der Waals surface area (Å²) >= 11 is 1.59. The average Bonchev–Trinajstić information content (AvgIpc) is 3.28. The number of aromatic nitrogens is 2. The van der Waals surface area contributed by atoms with Crippen LogP contribution in [-0.2, 0) is 17.6 Å². The second-order valence-corrected chi connectivity index (χ2v) is 7.48. The van der Waals surface area contributed by atoms with Gasteiger partial charge in [-0.1, -0.05) is 30.0 Å². The molecule has 1 aromatic carbocycles. The van der Waals surface area contributed by atoms with Crippen LogP contribution in [0.3, 0.4) is 0 Å². The van der Waals surface area contributed by atoms with Crippen molar-refractivity contribution in [2.45, 2.75) is 43.7 Å². The zero-order chi connectivity index (χ0) is 16.4. The summed E-state index contributed by atoms with van der Waals surface area (Å²) in [6.45, 7) is 1.84. The average molecular weight is 341 g/mol. The lowest BCUT2D eigenvalue weighted by atomic mass is 10.0. The molecule has 0 unspecified atom stereocenters. The van der Waals surface area contributed by atoms with Crippen molar-refractivity contribution >= 4 is 17.7 Å². The van der Waals surface area contributed by atoms with Crippen LogP contribution in [0, 0.1) is 0 Å². The van der Waals surface area contributed by atoms with Gasteiger partial charge in [-0.15, -0.1) is 0 Å². The third kappa shape index (κ3) is 3.09. The zero-order valence-corrected chi connectivity index (χ0v) is 14.7. The van der Waals surface area contributed by atoms with Crippen molar-refractivity contribution in [1.82, 2.24) is 14.5 Å². The van der Waals surface area contributed by atoms with Crippen LogP contribution in [0.5, 0.6) is 0 Å². The Bertz CT molecular complexity index is 720. The van der Waals surface area contributed by atoms with E-state index in [0.29, 0.717) is 5.75 Å². The molecule has 2 aliphatic rings. The monoisotopic (exact) mass is 341 g/mol. The van der Waals surface area contributed by atoms with Crippen molar-refractivity contribution < 1.29 is 4.79 Å². The first kappa shape index (κ1) is 15.8. The molecule has 2 heterocycles. The van der Waals surface area contributed by atoms with Crippen molar-refractivity contribution in [2.24, 2.45) is 0 Å². The summed E-state index contributed by atoms with van der Waals surface area (Å²) in [5, 5.41) is 0.973. The van der Waals surface area contributed by atoms with Gasteiger partial charge in [0.2, 0.25) is 5.91 Å². The van der Waals surface area contributed by atoms with Crippen LogP contribution < -0.4 is 0 Å². The summed E-state index contributed by atoms with van der Waals surface area (Å²) in [6.07, 6.45) is 6.87. The van der Waals surface area contributed by atoms with Crippen LogP contribution in [0.25, 0.3) is 5.69 Å². The topological polar surface area (TPSA) is 38.1 Å². The summed E-state index contributed by atoms with van der Waals surface area (Å²) in [6, 6.07) is 10.4. The highest BCUT2D eigenvalue weighted by molar-refractivity contribution is 7.99. The van der Waals surface area contributed by atoms with E-state index < -0.39 is 0 Å². The molecule has 0 bridgehead atoms. The van der Waals surface area contributed by atoms with Gasteiger partial charge in [0.25, 0.3) is 0 Å². The molecule has 2 aromatic rings. The molecule has 0 saturated carbocycles. The van der Waals surface area contributed by atoms with E-state index in [0.717, 1.165) is 49.6 Å². The van der Waals surface area contributed by atoms with Gasteiger partial charge >= 0.3 is 0 Å². The smallest absolute Gasteiger partial charge is 0.233 e. The number of hydrogen-bond acceptors (Lipinski definition) is 3. The lowest BCUT2D eigenvalue weighted by Crippen LogP contribution is -2.29. The molecule has 5 heteroatoms. The zero-order valence-electron chi connectivity index (χ0n) is 13.9. The van der Waals surface area contributed by atoms with Crippen molar-refractivity contribution in [3.05, 3.63) is 41.7 Å². The minimum atomic E-state index is 0.248. The first-order chi connectivity index (χ1) is 11.8. The fourth-order valence-electron chi connectivity index (χ4n) is 3.64. The Morgan fingerprint density at radius 2 is 1.79 bits per heavy atom. The van der Waals surface area contributed by atoms with E-state index in [2.05, 4.69) is 28.8 Å². The number of likely N-dealkylation sites (tertiary alicyclic amines) is 1. The number of aryl methyl sites for hydroxylation is 1. The Morgan fingerprint density at radius 1 is 1.04 bits per heavy atom. The molecular weight excluding hydrogens is 318 g/mol. The number of thioether (sulfide) groups is 1. The van der Waals surface area contributed by atoms with Crippen LogP contribution in [-0.4, -0.2) is 39.2 Å². The fourth-order valence-corrected chi connectivity index (χ4v) is 4.59. The Kier molecular flexibility index (Phi) is 4.60. The van der Waals surface area contributed by atoms with E-state index in [1.165, 1.54) is 24.2 Å². The van der Waals surface area contributed by atoms with Gasteiger partial charge in [-0.2, -0.15) is 0 Å². The molecule has 4 nitrogen and oxygen atoms in total. The highest BCUT2D eigenvalue weighted by atomic mass is 32.2. The number of amides is 1. The first-order valence-corrected chi connectivity index (χ1v) is 9.88. The maximum absolute atomic E-state index is 12.4. The quantitative estimate of drug-likeness (QED) is 0.799. The van der Waals surface area contributed by atoms with E-state index in [1.54, 1.807) is 11.8 Å². The Hall–Kier alpha value is -1.75. The summed E-state index contributed by atoms with van der Waals surface area (Å²) < 4.78 is 2.27. The van der Waals surface area contributed by atoms with Crippen molar-refractivity contribution in [2.75, 3.05) is 18.8 Å². The molecule has 1 fully saturated rings. The Balaban J connectivity index is 1.60. The first-order valence-electron chi connectivity index (χ1n) is 8.89. The van der Waals surface area contributed by atoms with Gasteiger partial charge in [-0.3, -0.25) is 9.36 Å². The summed E-state index contributed by atoms with van der Waals surface area (Å²) in [5.41, 5.74) is 3.72. The highest BCUT2D eigenvalue weighted by Gasteiger charge is 2.23. The van der Waals surface area contributed by atoms with Crippen molar-refractivity contribution in [1.29, 1.82) is 0 Å². The van der Waals surface area contributed by atoms with E-state index in [9.17, 15) is 4.79 Å². The fraction of sp³-hybridized carbons (Fsp3) is 0.474. The number of hydrogen-bond donors (Lipinski definition) is 0. The third-order valence-corrected chi connectivity index (χ3v) is 5.82. The number of para-hydroxylation sites is 1. The standard InChI is InChI=1S/C19H23N3OS/c23-18(21-12-6-7-13-21)14-24-19-20-16-10-4-5-11-17(16)22(19)15-8-2-1-3-9-15/h1-3,8-9H,4-7,10-14H2. The molecule has 1 aliphatic heterocycles. The summed E-state index contributed by atoms with van der Waals surface area (Å²) in [7, 11) is 0. The molecule has 0 radical (unpaired) electrons. The SMILES string of the molecule is O=C(CSc1nc2c(n1-c1ccccc1)CCCC2)N1CCCC1. The lowest BCUT2D eigenvalue weighted by molar-refractivity contribution is -0.127. The number of carbonyl (C=O) groups excluding carboxylic acids is 1. The minimum absolute atomic E-state index is 0.248. The van der Waals surface area contributed by atoms with Crippen LogP contribution in [0.15, 0.2) is 35.5 Å². The molecule has 0 atom stereocenters. The van der Waals surface area contributed by atoms with Gasteiger partial charge in [0.05, 0.1) is 11.4 Å². The molecule has 1 aliphatic carbocycles. The van der Waals surface area contributed by atoms with Gasteiger partial charge in [0.1, 0.15) is 0 Å². The van der Waals surface area contributed by atoms with E-state index in [-0.39, 0.29) is 5.91 Å². The van der Waals surface area contributed by atoms with Crippen LogP contribution in [0.2, 0.25) is 0 Å². The number of imidazole rings is 1. The van der Waals surface area contributed by atoms with Crippen molar-refractivity contribution in [3.63, 3.8) is 0 Å². The lowest BCUT2D eigenvalue weighted by Gasteiger charge is -2.16. The second-order valence-electron chi connectivity index (χ2n) is 6.54. The maximum Gasteiger partial charge on any atom is 0.233 e. The van der Waals surface area contributed by atoms with Gasteiger partial charge in [0, 0.05) is 24.5 Å². The molecule has 4 rings (SSSR count). The van der Waals surface area contributed by atoms with E-state index >= 15 is 0 Å². The van der Waals surface area contributed by atoms with Crippen LogP contribution in [0.1, 0.15) is 37.1 Å². The van der Waals surface area contributed by atoms with E-state index in [4.69, 9.17) is 4.98 Å². The maximum atomic E-state index is 12.4. The van der Waals surface area contributed by atoms with Crippen molar-refractivity contribution in [3.8, 4) is 5.69 Å². The van der Waals surface area contributed by atoms with Gasteiger partial charge in [-0.05, 0) is 50.7 Å². The predicted molar refractivity (Wildman–Crippen MR) is 96.7 cm³/mol. The largest absolute Gasteiger partial charge is 0.342 e. The Morgan fingerprint density at radius 3 is 2.58 bits per heavy atom. The number of rotatable bonds is 4. The minimum Gasteiger partial charge on any atom is -0.342 e. The van der Waals surface area contributed by atoms with E-state index in [1.807, 2.05) is 11.0 Å². The van der Waals surface area contributed by atoms with Gasteiger partial charge < -0.3 is 4.90 Å². The van der Waals surface area contributed by atoms with Gasteiger partial charge in [-0.25, -0.2) is 4.98 Å². The number of fused-ring (bicyclic) bond motifs is 1. The second kappa shape index (κ2) is 7.01.